The number of pyridine rings is 1. The largest absolute Gasteiger partial charge is 0.378 e. The Kier molecular flexibility index (Phi) is 6.05. The number of fused-ring (bicyclic) bond motifs is 1. The lowest BCUT2D eigenvalue weighted by atomic mass is 10.0. The van der Waals surface area contributed by atoms with Crippen LogP contribution in [0.5, 0.6) is 0 Å². The van der Waals surface area contributed by atoms with Gasteiger partial charge in [-0.2, -0.15) is 0 Å². The van der Waals surface area contributed by atoms with E-state index in [9.17, 15) is 9.59 Å². The molecule has 1 aliphatic heterocycles. The molecular weight excluding hydrogens is 442 g/mol. The number of anilines is 2. The Labute approximate surface area is 203 Å². The number of morpholine rings is 1. The van der Waals surface area contributed by atoms with Crippen molar-refractivity contribution >= 4 is 28.4 Å². The van der Waals surface area contributed by atoms with Crippen molar-refractivity contribution in [1.29, 1.82) is 0 Å². The van der Waals surface area contributed by atoms with Gasteiger partial charge in [0.05, 0.1) is 18.9 Å². The molecule has 5 rings (SSSR count). The minimum atomic E-state index is -0.192. The van der Waals surface area contributed by atoms with Crippen LogP contribution < -0.4 is 15.8 Å². The average molecular weight is 470 g/mol. The van der Waals surface area contributed by atoms with Crippen LogP contribution in [-0.4, -0.2) is 46.7 Å². The Morgan fingerprint density at radius 3 is 2.63 bits per heavy atom. The van der Waals surface area contributed by atoms with E-state index in [-0.39, 0.29) is 11.5 Å². The van der Waals surface area contributed by atoms with Gasteiger partial charge in [0.15, 0.2) is 0 Å². The predicted octanol–water partition coefficient (Wildman–Crippen LogP) is 3.70. The number of aryl methyl sites for hydroxylation is 2. The Hall–Kier alpha value is -4.04. The summed E-state index contributed by atoms with van der Waals surface area (Å²) in [4.78, 5) is 37.2. The summed E-state index contributed by atoms with van der Waals surface area (Å²) in [5.74, 6) is 0.364. The number of aromatic nitrogens is 3. The minimum absolute atomic E-state index is 0.181. The summed E-state index contributed by atoms with van der Waals surface area (Å²) >= 11 is 0. The van der Waals surface area contributed by atoms with Crippen molar-refractivity contribution in [2.24, 2.45) is 7.05 Å². The number of benzene rings is 2. The third kappa shape index (κ3) is 4.52. The van der Waals surface area contributed by atoms with E-state index in [4.69, 9.17) is 4.74 Å². The van der Waals surface area contributed by atoms with E-state index >= 15 is 0 Å². The second-order valence-corrected chi connectivity index (χ2v) is 8.82. The molecule has 1 saturated heterocycles. The smallest absolute Gasteiger partial charge is 0.277 e. The van der Waals surface area contributed by atoms with Gasteiger partial charge in [-0.15, -0.1) is 0 Å². The lowest BCUT2D eigenvalue weighted by Crippen LogP contribution is -2.37. The summed E-state index contributed by atoms with van der Waals surface area (Å²) < 4.78 is 7.01. The van der Waals surface area contributed by atoms with Crippen LogP contribution >= 0.6 is 0 Å². The average Bonchev–Trinajstić information content (AvgIpc) is 2.88. The molecule has 4 aromatic rings. The van der Waals surface area contributed by atoms with Crippen LogP contribution in [0.3, 0.4) is 0 Å². The normalized spacial score (nSPS) is 13.7. The topological polar surface area (TPSA) is 89.4 Å². The van der Waals surface area contributed by atoms with E-state index in [2.05, 4.69) is 15.3 Å². The molecule has 35 heavy (non-hydrogen) atoms. The van der Waals surface area contributed by atoms with Crippen molar-refractivity contribution < 1.29 is 9.53 Å². The number of hydrogen-bond acceptors (Lipinski definition) is 6. The molecule has 0 saturated carbocycles. The monoisotopic (exact) mass is 469 g/mol. The lowest BCUT2D eigenvalue weighted by Gasteiger charge is -2.26. The summed E-state index contributed by atoms with van der Waals surface area (Å²) in [6.45, 7) is 6.57. The Bertz CT molecular complexity index is 1490. The molecule has 3 heterocycles. The zero-order valence-electron chi connectivity index (χ0n) is 20.0. The van der Waals surface area contributed by atoms with Crippen molar-refractivity contribution in [2.45, 2.75) is 13.8 Å². The zero-order chi connectivity index (χ0) is 24.5. The number of carbonyl (C=O) groups excluding carboxylic acids is 1. The first-order valence-corrected chi connectivity index (χ1v) is 11.6. The van der Waals surface area contributed by atoms with Gasteiger partial charge in [-0.3, -0.25) is 9.59 Å². The van der Waals surface area contributed by atoms with Crippen molar-refractivity contribution in [3.05, 3.63) is 81.8 Å². The van der Waals surface area contributed by atoms with Gasteiger partial charge in [-0.25, -0.2) is 9.97 Å². The molecule has 8 heteroatoms. The standard InChI is InChI=1S/C27H27N5O3/c1-17-5-4-6-19(13-17)25(33)29-21-8-7-18(2)22(15-21)23-14-20-16-28-27(32-9-11-35-12-10-32)30-24(20)26(34)31(23)3/h4-8,13-16H,9-12H2,1-3H3,(H,29,33). The second kappa shape index (κ2) is 9.31. The molecule has 2 aromatic heterocycles. The fraction of sp³-hybridized carbons (Fsp3) is 0.259. The maximum atomic E-state index is 13.3. The number of carbonyl (C=O) groups is 1. The first kappa shape index (κ1) is 22.7. The summed E-state index contributed by atoms with van der Waals surface area (Å²) in [6, 6.07) is 15.1. The molecular formula is C27H27N5O3. The highest BCUT2D eigenvalue weighted by atomic mass is 16.5. The Balaban J connectivity index is 1.51. The van der Waals surface area contributed by atoms with Crippen LogP contribution in [-0.2, 0) is 11.8 Å². The van der Waals surface area contributed by atoms with Crippen LogP contribution in [0.4, 0.5) is 11.6 Å². The number of nitrogens with one attached hydrogen (secondary N) is 1. The molecule has 0 aliphatic carbocycles. The Morgan fingerprint density at radius 1 is 1.06 bits per heavy atom. The van der Waals surface area contributed by atoms with E-state index < -0.39 is 0 Å². The third-order valence-corrected chi connectivity index (χ3v) is 6.31. The van der Waals surface area contributed by atoms with Crippen molar-refractivity contribution in [1.82, 2.24) is 14.5 Å². The van der Waals surface area contributed by atoms with Gasteiger partial charge >= 0.3 is 0 Å². The minimum Gasteiger partial charge on any atom is -0.378 e. The number of amides is 1. The molecule has 1 fully saturated rings. The van der Waals surface area contributed by atoms with Gasteiger partial charge in [0.1, 0.15) is 5.52 Å². The third-order valence-electron chi connectivity index (χ3n) is 6.31. The summed E-state index contributed by atoms with van der Waals surface area (Å²) in [6.07, 6.45) is 1.71. The lowest BCUT2D eigenvalue weighted by molar-refractivity contribution is 0.102. The second-order valence-electron chi connectivity index (χ2n) is 8.82. The molecule has 0 unspecified atom stereocenters. The Morgan fingerprint density at radius 2 is 1.86 bits per heavy atom. The van der Waals surface area contributed by atoms with Crippen LogP contribution in [0.15, 0.2) is 59.5 Å². The van der Waals surface area contributed by atoms with Crippen molar-refractivity contribution in [2.75, 3.05) is 36.5 Å². The van der Waals surface area contributed by atoms with Gasteiger partial charge in [-0.1, -0.05) is 23.8 Å². The molecule has 2 aromatic carbocycles. The summed E-state index contributed by atoms with van der Waals surface area (Å²) in [7, 11) is 1.74. The van der Waals surface area contributed by atoms with Gasteiger partial charge in [0.2, 0.25) is 5.95 Å². The summed E-state index contributed by atoms with van der Waals surface area (Å²) in [5.41, 5.74) is 5.03. The molecule has 178 valence electrons. The van der Waals surface area contributed by atoms with Crippen LogP contribution in [0, 0.1) is 13.8 Å². The first-order valence-electron chi connectivity index (χ1n) is 11.6. The fourth-order valence-electron chi connectivity index (χ4n) is 4.31. The molecule has 1 aliphatic rings. The molecule has 0 bridgehead atoms. The van der Waals surface area contributed by atoms with Crippen LogP contribution in [0.2, 0.25) is 0 Å². The highest BCUT2D eigenvalue weighted by molar-refractivity contribution is 6.04. The van der Waals surface area contributed by atoms with E-state index in [0.29, 0.717) is 54.4 Å². The van der Waals surface area contributed by atoms with E-state index in [0.717, 1.165) is 22.4 Å². The van der Waals surface area contributed by atoms with Gasteiger partial charge in [0, 0.05) is 48.5 Å². The SMILES string of the molecule is Cc1cccc(C(=O)Nc2ccc(C)c(-c3cc4cnc(N5CCOCC5)nc4c(=O)n3C)c2)c1. The highest BCUT2D eigenvalue weighted by Gasteiger charge is 2.18. The highest BCUT2D eigenvalue weighted by Crippen LogP contribution is 2.28. The van der Waals surface area contributed by atoms with E-state index in [1.165, 1.54) is 0 Å². The quantitative estimate of drug-likeness (QED) is 0.490. The molecule has 8 nitrogen and oxygen atoms in total. The fourth-order valence-corrected chi connectivity index (χ4v) is 4.31. The molecule has 0 atom stereocenters. The number of ether oxygens (including phenoxy) is 1. The molecule has 0 spiro atoms. The van der Waals surface area contributed by atoms with Crippen molar-refractivity contribution in [3.8, 4) is 11.3 Å². The number of rotatable bonds is 4. The maximum Gasteiger partial charge on any atom is 0.277 e. The molecule has 1 N–H and O–H groups in total. The zero-order valence-corrected chi connectivity index (χ0v) is 20.0. The van der Waals surface area contributed by atoms with Crippen molar-refractivity contribution in [3.63, 3.8) is 0 Å². The first-order chi connectivity index (χ1) is 16.9. The van der Waals surface area contributed by atoms with E-state index in [1.807, 2.05) is 61.2 Å². The van der Waals surface area contributed by atoms with E-state index in [1.54, 1.807) is 23.9 Å². The van der Waals surface area contributed by atoms with Gasteiger partial charge in [-0.05, 0) is 49.7 Å². The predicted molar refractivity (Wildman–Crippen MR) is 137 cm³/mol. The van der Waals surface area contributed by atoms with Crippen LogP contribution in [0.1, 0.15) is 21.5 Å². The van der Waals surface area contributed by atoms with Gasteiger partial charge in [0.25, 0.3) is 11.5 Å². The van der Waals surface area contributed by atoms with Gasteiger partial charge < -0.3 is 19.5 Å². The number of nitrogens with zero attached hydrogens (tertiary/aromatic N) is 4. The maximum absolute atomic E-state index is 13.3. The molecule has 0 radical (unpaired) electrons. The molecule has 1 amide bonds. The number of hydrogen-bond donors (Lipinski definition) is 1. The summed E-state index contributed by atoms with van der Waals surface area (Å²) in [5, 5.41) is 3.65. The van der Waals surface area contributed by atoms with Crippen LogP contribution in [0.25, 0.3) is 22.2 Å².